The van der Waals surface area contributed by atoms with Crippen LogP contribution in [0.4, 0.5) is 24.8 Å². The van der Waals surface area contributed by atoms with E-state index < -0.39 is 11.9 Å². The highest BCUT2D eigenvalue weighted by Crippen LogP contribution is 2.28. The summed E-state index contributed by atoms with van der Waals surface area (Å²) in [5, 5.41) is 5.59. The fraction of sp³-hybridized carbons (Fsp3) is 0.312. The van der Waals surface area contributed by atoms with E-state index in [1.807, 2.05) is 0 Å². The first-order valence-electron chi connectivity index (χ1n) is 7.79. The molecule has 2 aromatic rings. The van der Waals surface area contributed by atoms with E-state index in [1.165, 1.54) is 23.5 Å². The first kappa shape index (κ1) is 17.2. The van der Waals surface area contributed by atoms with E-state index in [0.717, 1.165) is 10.6 Å². The van der Waals surface area contributed by atoms with Gasteiger partial charge in [-0.05, 0) is 19.1 Å². The van der Waals surface area contributed by atoms with Crippen LogP contribution in [-0.2, 0) is 17.7 Å². The van der Waals surface area contributed by atoms with E-state index in [2.05, 4.69) is 15.6 Å². The molecule has 1 aliphatic heterocycles. The van der Waals surface area contributed by atoms with Crippen molar-refractivity contribution in [1.29, 1.82) is 0 Å². The lowest BCUT2D eigenvalue weighted by atomic mass is 10.2. The molecule has 0 radical (unpaired) electrons. The summed E-state index contributed by atoms with van der Waals surface area (Å²) in [4.78, 5) is 30.6. The summed E-state index contributed by atoms with van der Waals surface area (Å²) in [6.07, 6.45) is 0.0175. The van der Waals surface area contributed by atoms with Crippen LogP contribution in [0.15, 0.2) is 24.3 Å². The maximum absolute atomic E-state index is 13.7. The number of nitrogens with zero attached hydrogens (tertiary/aromatic N) is 2. The third kappa shape index (κ3) is 4.05. The van der Waals surface area contributed by atoms with Crippen molar-refractivity contribution in [3.05, 3.63) is 40.7 Å². The summed E-state index contributed by atoms with van der Waals surface area (Å²) in [6, 6.07) is 5.65. The second-order valence-electron chi connectivity index (χ2n) is 5.32. The minimum Gasteiger partial charge on any atom is -0.450 e. The molecule has 3 rings (SSSR count). The second-order valence-corrected chi connectivity index (χ2v) is 6.40. The molecule has 0 aliphatic carbocycles. The Morgan fingerprint density at radius 1 is 1.36 bits per heavy atom. The van der Waals surface area contributed by atoms with E-state index in [-0.39, 0.29) is 18.3 Å². The zero-order valence-electron chi connectivity index (χ0n) is 13.5. The van der Waals surface area contributed by atoms with Gasteiger partial charge in [0.1, 0.15) is 5.82 Å². The maximum atomic E-state index is 13.7. The van der Waals surface area contributed by atoms with Crippen molar-refractivity contribution in [1.82, 2.24) is 9.88 Å². The molecule has 1 aromatic carbocycles. The van der Waals surface area contributed by atoms with Gasteiger partial charge in [-0.2, -0.15) is 0 Å². The van der Waals surface area contributed by atoms with Gasteiger partial charge in [-0.1, -0.05) is 23.5 Å². The lowest BCUT2D eigenvalue weighted by molar-refractivity contribution is 0.168. The molecule has 1 aromatic heterocycles. The fourth-order valence-corrected chi connectivity index (χ4v) is 3.44. The Balaban J connectivity index is 1.64. The van der Waals surface area contributed by atoms with E-state index in [4.69, 9.17) is 4.74 Å². The van der Waals surface area contributed by atoms with Gasteiger partial charge in [0, 0.05) is 17.8 Å². The molecule has 0 spiro atoms. The van der Waals surface area contributed by atoms with Crippen molar-refractivity contribution < 1.29 is 18.7 Å². The van der Waals surface area contributed by atoms with Gasteiger partial charge in [-0.25, -0.2) is 19.0 Å². The van der Waals surface area contributed by atoms with Crippen LogP contribution in [-0.4, -0.2) is 35.2 Å². The van der Waals surface area contributed by atoms with Crippen molar-refractivity contribution in [3.63, 3.8) is 0 Å². The predicted molar refractivity (Wildman–Crippen MR) is 92.3 cm³/mol. The van der Waals surface area contributed by atoms with Gasteiger partial charge in [0.2, 0.25) is 0 Å². The van der Waals surface area contributed by atoms with Crippen molar-refractivity contribution in [2.75, 3.05) is 23.8 Å². The molecule has 7 nitrogen and oxygen atoms in total. The van der Waals surface area contributed by atoms with Gasteiger partial charge in [-0.15, -0.1) is 0 Å². The van der Waals surface area contributed by atoms with Crippen LogP contribution in [0.1, 0.15) is 17.5 Å². The predicted octanol–water partition coefficient (Wildman–Crippen LogP) is 3.44. The minimum atomic E-state index is -0.553. The molecule has 25 heavy (non-hydrogen) atoms. The van der Waals surface area contributed by atoms with Crippen LogP contribution < -0.4 is 10.6 Å². The molecule has 132 valence electrons. The number of nitrogens with one attached hydrogen (secondary N) is 2. The molecule has 2 heterocycles. The maximum Gasteiger partial charge on any atom is 0.413 e. The Hall–Kier alpha value is -2.68. The molecule has 2 N–H and O–H groups in total. The summed E-state index contributed by atoms with van der Waals surface area (Å²) in [6.45, 7) is 2.83. The molecular formula is C16H17FN4O3S. The quantitative estimate of drug-likeness (QED) is 0.874. The highest BCUT2D eigenvalue weighted by atomic mass is 32.1. The molecule has 3 amide bonds. The molecule has 1 aliphatic rings. The lowest BCUT2D eigenvalue weighted by Crippen LogP contribution is -2.38. The van der Waals surface area contributed by atoms with E-state index >= 15 is 0 Å². The number of urea groups is 1. The zero-order chi connectivity index (χ0) is 17.8. The summed E-state index contributed by atoms with van der Waals surface area (Å²) >= 11 is 1.30. The number of para-hydroxylation sites is 1. The third-order valence-electron chi connectivity index (χ3n) is 3.62. The highest BCUT2D eigenvalue weighted by Gasteiger charge is 2.25. The normalized spacial score (nSPS) is 13.1. The molecule has 0 saturated heterocycles. The van der Waals surface area contributed by atoms with Gasteiger partial charge in [0.15, 0.2) is 5.13 Å². The first-order chi connectivity index (χ1) is 12.1. The topological polar surface area (TPSA) is 83.6 Å². The number of carbonyl (C=O) groups excluding carboxylic acids is 2. The van der Waals surface area contributed by atoms with Gasteiger partial charge in [-0.3, -0.25) is 5.32 Å². The molecule has 0 fully saturated rings. The second kappa shape index (κ2) is 7.47. The number of carbonyl (C=O) groups is 2. The van der Waals surface area contributed by atoms with Gasteiger partial charge in [0.25, 0.3) is 0 Å². The van der Waals surface area contributed by atoms with E-state index in [9.17, 15) is 14.0 Å². The summed E-state index contributed by atoms with van der Waals surface area (Å²) in [7, 11) is 0. The Morgan fingerprint density at radius 3 is 2.92 bits per heavy atom. The number of anilines is 2. The molecule has 0 atom stereocenters. The average Bonchev–Trinajstić information content (AvgIpc) is 2.98. The fourth-order valence-electron chi connectivity index (χ4n) is 2.43. The van der Waals surface area contributed by atoms with Crippen molar-refractivity contribution in [2.24, 2.45) is 0 Å². The van der Waals surface area contributed by atoms with Crippen LogP contribution >= 0.6 is 11.3 Å². The zero-order valence-corrected chi connectivity index (χ0v) is 14.4. The van der Waals surface area contributed by atoms with Crippen LogP contribution in [0.5, 0.6) is 0 Å². The number of amides is 3. The number of benzene rings is 1. The lowest BCUT2D eigenvalue weighted by Gasteiger charge is -2.26. The average molecular weight is 364 g/mol. The van der Waals surface area contributed by atoms with Crippen LogP contribution in [0.3, 0.4) is 0 Å². The largest absolute Gasteiger partial charge is 0.450 e. The highest BCUT2D eigenvalue weighted by molar-refractivity contribution is 7.15. The monoisotopic (exact) mass is 364 g/mol. The Bertz CT molecular complexity index is 795. The van der Waals surface area contributed by atoms with Crippen LogP contribution in [0.2, 0.25) is 0 Å². The van der Waals surface area contributed by atoms with Gasteiger partial charge < -0.3 is 15.0 Å². The summed E-state index contributed by atoms with van der Waals surface area (Å²) in [5.41, 5.74) is 0.999. The van der Waals surface area contributed by atoms with Crippen LogP contribution in [0.25, 0.3) is 0 Å². The van der Waals surface area contributed by atoms with Gasteiger partial charge >= 0.3 is 12.1 Å². The first-order valence-corrected chi connectivity index (χ1v) is 8.61. The number of hydrogen-bond donors (Lipinski definition) is 2. The number of thiazole rings is 1. The minimum absolute atomic E-state index is 0.146. The number of rotatable bonds is 3. The van der Waals surface area contributed by atoms with Gasteiger partial charge in [0.05, 0.1) is 24.5 Å². The summed E-state index contributed by atoms with van der Waals surface area (Å²) < 4.78 is 18.5. The number of fused-ring (bicyclic) bond motifs is 1. The van der Waals surface area contributed by atoms with Crippen molar-refractivity contribution in [2.45, 2.75) is 19.9 Å². The van der Waals surface area contributed by atoms with Crippen molar-refractivity contribution in [3.8, 4) is 0 Å². The molecule has 0 saturated carbocycles. The Morgan fingerprint density at radius 2 is 2.16 bits per heavy atom. The Kier molecular flexibility index (Phi) is 5.13. The molecule has 9 heteroatoms. The Labute approximate surface area is 147 Å². The number of ether oxygens (including phenoxy) is 1. The summed E-state index contributed by atoms with van der Waals surface area (Å²) in [5.74, 6) is -0.479. The number of aromatic nitrogens is 1. The molecule has 0 unspecified atom stereocenters. The van der Waals surface area contributed by atoms with E-state index in [0.29, 0.717) is 24.6 Å². The SMILES string of the molecule is CCOC(=O)Nc1nc2c(s1)CN(C(=O)Nc1ccccc1F)CC2. The number of hydrogen-bond acceptors (Lipinski definition) is 5. The molecule has 0 bridgehead atoms. The van der Waals surface area contributed by atoms with Crippen LogP contribution in [0, 0.1) is 5.82 Å². The number of halogens is 1. The third-order valence-corrected chi connectivity index (χ3v) is 4.62. The molecular weight excluding hydrogens is 347 g/mol. The smallest absolute Gasteiger partial charge is 0.413 e. The van der Waals surface area contributed by atoms with E-state index in [1.54, 1.807) is 24.0 Å². The standard InChI is InChI=1S/C16H17FN4O3S/c1-2-24-16(23)20-14-18-12-7-8-21(9-13(12)25-14)15(22)19-11-6-4-3-5-10(11)17/h3-6H,2,7-9H2,1H3,(H,19,22)(H,18,20,23). The van der Waals surface area contributed by atoms with Crippen molar-refractivity contribution >= 4 is 34.3 Å².